The summed E-state index contributed by atoms with van der Waals surface area (Å²) in [6.45, 7) is 2.02. The Hall–Kier alpha value is -3.19. The minimum atomic E-state index is -0.203. The van der Waals surface area contributed by atoms with E-state index in [1.165, 1.54) is 15.9 Å². The van der Waals surface area contributed by atoms with Crippen molar-refractivity contribution in [3.63, 3.8) is 0 Å². The van der Waals surface area contributed by atoms with E-state index in [0.717, 1.165) is 16.7 Å². The molecule has 2 aromatic heterocycles. The van der Waals surface area contributed by atoms with Crippen molar-refractivity contribution in [2.45, 2.75) is 6.92 Å². The van der Waals surface area contributed by atoms with Crippen molar-refractivity contribution in [2.24, 2.45) is 0 Å². The second-order valence-electron chi connectivity index (χ2n) is 5.99. The van der Waals surface area contributed by atoms with Crippen molar-refractivity contribution in [1.29, 1.82) is 0 Å². The second-order valence-corrected chi connectivity index (χ2v) is 7.00. The van der Waals surface area contributed by atoms with Gasteiger partial charge in [0.1, 0.15) is 0 Å². The van der Waals surface area contributed by atoms with Crippen LogP contribution in [0.2, 0.25) is 0 Å². The highest BCUT2D eigenvalue weighted by molar-refractivity contribution is 7.15. The van der Waals surface area contributed by atoms with Gasteiger partial charge in [0, 0.05) is 11.1 Å². The molecule has 0 bridgehead atoms. The molecule has 7 heteroatoms. The van der Waals surface area contributed by atoms with Crippen LogP contribution in [0.15, 0.2) is 47.3 Å². The summed E-state index contributed by atoms with van der Waals surface area (Å²) in [5.74, 6) is 1.74. The van der Waals surface area contributed by atoms with Crippen LogP contribution in [-0.4, -0.2) is 28.8 Å². The third-order valence-electron chi connectivity index (χ3n) is 4.21. The molecule has 0 N–H and O–H groups in total. The topological polar surface area (TPSA) is 65.7 Å². The smallest absolute Gasteiger partial charge is 0.291 e. The van der Waals surface area contributed by atoms with E-state index in [1.54, 1.807) is 20.3 Å². The van der Waals surface area contributed by atoms with Crippen LogP contribution in [0, 0.1) is 6.92 Å². The molecule has 27 heavy (non-hydrogen) atoms. The first kappa shape index (κ1) is 17.2. The van der Waals surface area contributed by atoms with Crippen molar-refractivity contribution in [2.75, 3.05) is 14.2 Å². The van der Waals surface area contributed by atoms with Crippen LogP contribution in [-0.2, 0) is 0 Å². The van der Waals surface area contributed by atoms with Gasteiger partial charge in [0.25, 0.3) is 5.56 Å². The van der Waals surface area contributed by atoms with E-state index in [4.69, 9.17) is 9.47 Å². The highest BCUT2D eigenvalue weighted by atomic mass is 32.1. The van der Waals surface area contributed by atoms with Gasteiger partial charge in [0.05, 0.1) is 18.8 Å². The molecular formula is C20H17N3O3S. The van der Waals surface area contributed by atoms with E-state index < -0.39 is 0 Å². The molecule has 136 valence electrons. The molecule has 0 aliphatic rings. The molecule has 4 aromatic rings. The van der Waals surface area contributed by atoms with Crippen LogP contribution in [0.1, 0.15) is 11.1 Å². The maximum absolute atomic E-state index is 12.8. The van der Waals surface area contributed by atoms with E-state index >= 15 is 0 Å². The lowest BCUT2D eigenvalue weighted by Crippen LogP contribution is -2.23. The van der Waals surface area contributed by atoms with Gasteiger partial charge in [0.2, 0.25) is 4.96 Å². The SMILES string of the molecule is COc1cccc(/C=c2\sc3nc(-c4ccc(C)cc4)nn3c2=O)c1OC. The highest BCUT2D eigenvalue weighted by Crippen LogP contribution is 2.31. The lowest BCUT2D eigenvalue weighted by Gasteiger charge is -2.09. The van der Waals surface area contributed by atoms with Crippen LogP contribution < -0.4 is 19.6 Å². The molecule has 2 aromatic carbocycles. The fourth-order valence-electron chi connectivity index (χ4n) is 2.83. The number of ether oxygens (including phenoxy) is 2. The van der Waals surface area contributed by atoms with Crippen molar-refractivity contribution < 1.29 is 9.47 Å². The number of aryl methyl sites for hydroxylation is 1. The van der Waals surface area contributed by atoms with Gasteiger partial charge in [-0.1, -0.05) is 53.3 Å². The number of fused-ring (bicyclic) bond motifs is 1. The number of rotatable bonds is 4. The van der Waals surface area contributed by atoms with Gasteiger partial charge >= 0.3 is 0 Å². The normalized spacial score (nSPS) is 11.9. The number of hydrogen-bond acceptors (Lipinski definition) is 6. The molecule has 0 aliphatic heterocycles. The fraction of sp³-hybridized carbons (Fsp3) is 0.150. The summed E-state index contributed by atoms with van der Waals surface area (Å²) in [7, 11) is 3.15. The lowest BCUT2D eigenvalue weighted by molar-refractivity contribution is 0.354. The number of methoxy groups -OCH3 is 2. The van der Waals surface area contributed by atoms with Gasteiger partial charge in [-0.3, -0.25) is 4.79 Å². The summed E-state index contributed by atoms with van der Waals surface area (Å²) in [5.41, 5.74) is 2.60. The predicted molar refractivity (Wildman–Crippen MR) is 106 cm³/mol. The van der Waals surface area contributed by atoms with Gasteiger partial charge in [-0.05, 0) is 19.1 Å². The second kappa shape index (κ2) is 6.85. The Bertz CT molecular complexity index is 1230. The first-order chi connectivity index (χ1) is 13.1. The zero-order valence-electron chi connectivity index (χ0n) is 15.1. The largest absolute Gasteiger partial charge is 0.493 e. The molecule has 4 rings (SSSR count). The van der Waals surface area contributed by atoms with E-state index in [0.29, 0.717) is 26.8 Å². The Morgan fingerprint density at radius 1 is 1.07 bits per heavy atom. The number of hydrogen-bond donors (Lipinski definition) is 0. The quantitative estimate of drug-likeness (QED) is 0.545. The molecule has 0 saturated heterocycles. The molecule has 6 nitrogen and oxygen atoms in total. The Balaban J connectivity index is 1.82. The van der Waals surface area contributed by atoms with Gasteiger partial charge in [0.15, 0.2) is 17.3 Å². The predicted octanol–water partition coefficient (Wildman–Crippen LogP) is 2.69. The molecule has 2 heterocycles. The summed E-state index contributed by atoms with van der Waals surface area (Å²) in [6.07, 6.45) is 1.77. The Kier molecular flexibility index (Phi) is 4.37. The van der Waals surface area contributed by atoms with Gasteiger partial charge in [-0.15, -0.1) is 5.10 Å². The molecule has 0 fully saturated rings. The molecular weight excluding hydrogens is 362 g/mol. The molecule has 0 atom stereocenters. The van der Waals surface area contributed by atoms with Crippen LogP contribution in [0.4, 0.5) is 0 Å². The van der Waals surface area contributed by atoms with Crippen LogP contribution in [0.3, 0.4) is 0 Å². The first-order valence-electron chi connectivity index (χ1n) is 8.30. The molecule has 0 aliphatic carbocycles. The number of aromatic nitrogens is 3. The third-order valence-corrected chi connectivity index (χ3v) is 5.17. The van der Waals surface area contributed by atoms with Crippen molar-refractivity contribution in [3.05, 3.63) is 68.5 Å². The monoisotopic (exact) mass is 379 g/mol. The van der Waals surface area contributed by atoms with E-state index in [9.17, 15) is 4.79 Å². The van der Waals surface area contributed by atoms with E-state index in [2.05, 4.69) is 10.1 Å². The minimum Gasteiger partial charge on any atom is -0.493 e. The van der Waals surface area contributed by atoms with Crippen molar-refractivity contribution >= 4 is 22.4 Å². The first-order valence-corrected chi connectivity index (χ1v) is 9.11. The highest BCUT2D eigenvalue weighted by Gasteiger charge is 2.13. The Morgan fingerprint density at radius 2 is 1.85 bits per heavy atom. The average molecular weight is 379 g/mol. The minimum absolute atomic E-state index is 0.203. The molecule has 0 unspecified atom stereocenters. The third kappa shape index (κ3) is 3.06. The van der Waals surface area contributed by atoms with E-state index in [1.807, 2.05) is 49.4 Å². The Morgan fingerprint density at radius 3 is 2.52 bits per heavy atom. The molecule has 0 amide bonds. The summed E-state index contributed by atoms with van der Waals surface area (Å²) in [6, 6.07) is 13.4. The van der Waals surface area contributed by atoms with Gasteiger partial charge in [-0.2, -0.15) is 9.50 Å². The summed E-state index contributed by atoms with van der Waals surface area (Å²) in [5, 5.41) is 4.38. The zero-order chi connectivity index (χ0) is 19.0. The lowest BCUT2D eigenvalue weighted by atomic mass is 10.1. The van der Waals surface area contributed by atoms with Gasteiger partial charge < -0.3 is 9.47 Å². The summed E-state index contributed by atoms with van der Waals surface area (Å²) >= 11 is 1.29. The standard InChI is InChI=1S/C20H17N3O3S/c1-12-7-9-13(10-8-12)18-21-20-23(22-18)19(24)16(27-20)11-14-5-4-6-15(25-2)17(14)26-3/h4-11H,1-3H3/b16-11-. The number of thiazole rings is 1. The fourth-order valence-corrected chi connectivity index (χ4v) is 3.72. The summed E-state index contributed by atoms with van der Waals surface area (Å²) in [4.78, 5) is 17.8. The number of nitrogens with zero attached hydrogens (tertiary/aromatic N) is 3. The molecule has 0 radical (unpaired) electrons. The van der Waals surface area contributed by atoms with Crippen molar-refractivity contribution in [3.8, 4) is 22.9 Å². The molecule has 0 saturated carbocycles. The Labute approximate surface area is 159 Å². The number of benzene rings is 2. The number of para-hydroxylation sites is 1. The van der Waals surface area contributed by atoms with Crippen molar-refractivity contribution in [1.82, 2.24) is 14.6 Å². The van der Waals surface area contributed by atoms with E-state index in [-0.39, 0.29) is 5.56 Å². The van der Waals surface area contributed by atoms with Crippen LogP contribution in [0.25, 0.3) is 22.4 Å². The maximum Gasteiger partial charge on any atom is 0.291 e. The maximum atomic E-state index is 12.8. The molecule has 0 spiro atoms. The van der Waals surface area contributed by atoms with Crippen LogP contribution >= 0.6 is 11.3 Å². The van der Waals surface area contributed by atoms with Gasteiger partial charge in [-0.25, -0.2) is 0 Å². The van der Waals surface area contributed by atoms with Crippen LogP contribution in [0.5, 0.6) is 11.5 Å². The average Bonchev–Trinajstić information content (AvgIpc) is 3.22. The zero-order valence-corrected chi connectivity index (χ0v) is 15.9. The summed E-state index contributed by atoms with van der Waals surface area (Å²) < 4.78 is 12.6.